The molecule has 0 bridgehead atoms. The first kappa shape index (κ1) is 23.2. The topological polar surface area (TPSA) is 107 Å². The third kappa shape index (κ3) is 4.86. The molecule has 1 amide bonds. The largest absolute Gasteiger partial charge is 0.495 e. The zero-order valence-corrected chi connectivity index (χ0v) is 20.0. The van der Waals surface area contributed by atoms with Gasteiger partial charge in [-0.2, -0.15) is 5.10 Å². The van der Waals surface area contributed by atoms with Crippen molar-refractivity contribution in [3.05, 3.63) is 75.6 Å². The molecule has 2 heterocycles. The zero-order chi connectivity index (χ0) is 24.2. The van der Waals surface area contributed by atoms with E-state index in [4.69, 9.17) is 9.47 Å². The fourth-order valence-electron chi connectivity index (χ4n) is 3.39. The van der Waals surface area contributed by atoms with Crippen LogP contribution in [0.15, 0.2) is 70.1 Å². The minimum atomic E-state index is -1.07. The van der Waals surface area contributed by atoms with Crippen molar-refractivity contribution in [1.29, 1.82) is 0 Å². The first-order valence-corrected chi connectivity index (χ1v) is 11.1. The third-order valence-corrected chi connectivity index (χ3v) is 5.84. The van der Waals surface area contributed by atoms with Crippen LogP contribution in [0.5, 0.6) is 11.5 Å². The van der Waals surface area contributed by atoms with Gasteiger partial charge in [-0.1, -0.05) is 12.1 Å². The number of hydrogen-bond donors (Lipinski definition) is 1. The van der Waals surface area contributed by atoms with Crippen molar-refractivity contribution in [2.45, 2.75) is 6.54 Å². The third-order valence-electron chi connectivity index (χ3n) is 5.22. The van der Waals surface area contributed by atoms with Gasteiger partial charge in [0.1, 0.15) is 18.1 Å². The second-order valence-corrected chi connectivity index (χ2v) is 8.19. The first-order valence-electron chi connectivity index (χ1n) is 10.3. The quantitative estimate of drug-likeness (QED) is 0.381. The van der Waals surface area contributed by atoms with Crippen molar-refractivity contribution in [2.75, 3.05) is 25.7 Å². The number of carboxylic acid groups (broad SMARTS) is 1. The molecule has 0 aliphatic carbocycles. The molecule has 10 heteroatoms. The highest BCUT2D eigenvalue weighted by Gasteiger charge is 2.12. The molecule has 1 N–H and O–H groups in total. The van der Waals surface area contributed by atoms with Gasteiger partial charge in [0.2, 0.25) is 0 Å². The average Bonchev–Trinajstić information content (AvgIpc) is 2.84. The molecule has 0 aliphatic rings. The van der Waals surface area contributed by atoms with Crippen molar-refractivity contribution >= 4 is 38.6 Å². The number of halogens is 1. The normalized spacial score (nSPS) is 10.8. The van der Waals surface area contributed by atoms with Crippen LogP contribution in [0.2, 0.25) is 0 Å². The number of amides is 1. The van der Waals surface area contributed by atoms with Gasteiger partial charge in [-0.3, -0.25) is 14.7 Å². The van der Waals surface area contributed by atoms with E-state index in [-0.39, 0.29) is 18.7 Å². The summed E-state index contributed by atoms with van der Waals surface area (Å²) in [5.41, 5.74) is 2.20. The van der Waals surface area contributed by atoms with Crippen LogP contribution in [0.1, 0.15) is 0 Å². The number of pyridine rings is 1. The van der Waals surface area contributed by atoms with Crippen molar-refractivity contribution in [1.82, 2.24) is 14.8 Å². The lowest BCUT2D eigenvalue weighted by molar-refractivity contribution is 0.203. The van der Waals surface area contributed by atoms with Gasteiger partial charge < -0.3 is 14.6 Å². The Bertz CT molecular complexity index is 1420. The summed E-state index contributed by atoms with van der Waals surface area (Å²) < 4.78 is 13.4. The van der Waals surface area contributed by atoms with E-state index < -0.39 is 6.09 Å². The summed E-state index contributed by atoms with van der Waals surface area (Å²) in [6, 6.07) is 15.4. The highest BCUT2D eigenvalue weighted by molar-refractivity contribution is 9.10. The summed E-state index contributed by atoms with van der Waals surface area (Å²) in [7, 11) is 3.05. The van der Waals surface area contributed by atoms with Gasteiger partial charge in [0.05, 0.1) is 29.3 Å². The van der Waals surface area contributed by atoms with Crippen LogP contribution in [0.3, 0.4) is 0 Å². The summed E-state index contributed by atoms with van der Waals surface area (Å²) in [4.78, 5) is 29.1. The summed E-state index contributed by atoms with van der Waals surface area (Å²) in [5, 5.41) is 14.5. The number of ether oxygens (including phenoxy) is 2. The Balaban J connectivity index is 1.54. The van der Waals surface area contributed by atoms with E-state index in [0.29, 0.717) is 28.4 Å². The predicted molar refractivity (Wildman–Crippen MR) is 132 cm³/mol. The Morgan fingerprint density at radius 3 is 2.74 bits per heavy atom. The summed E-state index contributed by atoms with van der Waals surface area (Å²) in [6.45, 7) is 0.434. The maximum absolute atomic E-state index is 12.4. The maximum Gasteiger partial charge on any atom is 0.411 e. The van der Waals surface area contributed by atoms with Crippen LogP contribution in [-0.4, -0.2) is 46.7 Å². The number of benzene rings is 2. The Hall–Kier alpha value is -3.92. The highest BCUT2D eigenvalue weighted by Crippen LogP contribution is 2.33. The van der Waals surface area contributed by atoms with E-state index in [9.17, 15) is 14.7 Å². The molecule has 0 aliphatic heterocycles. The van der Waals surface area contributed by atoms with Crippen molar-refractivity contribution in [3.8, 4) is 22.8 Å². The molecular formula is C24H21BrN4O5. The van der Waals surface area contributed by atoms with Crippen LogP contribution < -0.4 is 19.9 Å². The van der Waals surface area contributed by atoms with E-state index >= 15 is 0 Å². The second-order valence-electron chi connectivity index (χ2n) is 7.33. The molecule has 0 saturated carbocycles. The van der Waals surface area contributed by atoms with E-state index in [1.54, 1.807) is 43.6 Å². The van der Waals surface area contributed by atoms with Crippen LogP contribution in [0.4, 0.5) is 10.5 Å². The number of fused-ring (bicyclic) bond motifs is 1. The van der Waals surface area contributed by atoms with Crippen LogP contribution in [0.25, 0.3) is 22.2 Å². The first-order chi connectivity index (χ1) is 16.4. The molecule has 0 unspecified atom stereocenters. The van der Waals surface area contributed by atoms with Gasteiger partial charge in [-0.05, 0) is 46.3 Å². The molecule has 0 atom stereocenters. The van der Waals surface area contributed by atoms with Gasteiger partial charge in [0.15, 0.2) is 0 Å². The molecule has 4 aromatic rings. The molecule has 0 spiro atoms. The van der Waals surface area contributed by atoms with Gasteiger partial charge in [0.25, 0.3) is 5.56 Å². The van der Waals surface area contributed by atoms with E-state index in [2.05, 4.69) is 26.0 Å². The van der Waals surface area contributed by atoms with Crippen LogP contribution >= 0.6 is 15.9 Å². The number of rotatable bonds is 7. The number of aromatic nitrogens is 3. The second kappa shape index (κ2) is 9.92. The predicted octanol–water partition coefficient (Wildman–Crippen LogP) is 4.42. The number of hydrogen-bond acceptors (Lipinski definition) is 6. The van der Waals surface area contributed by atoms with Gasteiger partial charge in [-0.25, -0.2) is 9.48 Å². The molecule has 4 rings (SSSR count). The minimum absolute atomic E-state index is 0.209. The smallest absolute Gasteiger partial charge is 0.411 e. The Morgan fingerprint density at radius 1 is 1.15 bits per heavy atom. The standard InChI is InChI=1S/C24H21BrN4O5/c1-28(24(31)32)16-5-3-4-15(12-16)19-6-7-23(30)29(27-19)10-11-34-21-8-9-26-20-14-22(33-2)18(25)13-17(20)21/h3-9,12-14H,10-11H2,1-2H3,(H,31,32). The average molecular weight is 525 g/mol. The number of anilines is 1. The van der Waals surface area contributed by atoms with Gasteiger partial charge in [0, 0.05) is 42.0 Å². The maximum atomic E-state index is 12.4. The molecule has 174 valence electrons. The molecule has 2 aromatic carbocycles. The summed E-state index contributed by atoms with van der Waals surface area (Å²) in [6.07, 6.45) is 0.582. The number of carbonyl (C=O) groups is 1. The molecule has 34 heavy (non-hydrogen) atoms. The molecule has 2 aromatic heterocycles. The molecular weight excluding hydrogens is 504 g/mol. The van der Waals surface area contributed by atoms with Crippen LogP contribution in [-0.2, 0) is 6.54 Å². The number of methoxy groups -OCH3 is 1. The Kier molecular flexibility index (Phi) is 6.78. The molecule has 0 radical (unpaired) electrons. The molecule has 9 nitrogen and oxygen atoms in total. The van der Waals surface area contributed by atoms with Gasteiger partial charge in [-0.15, -0.1) is 0 Å². The molecule has 0 saturated heterocycles. The van der Waals surface area contributed by atoms with E-state index in [0.717, 1.165) is 20.3 Å². The lowest BCUT2D eigenvalue weighted by Gasteiger charge is -2.14. The monoisotopic (exact) mass is 524 g/mol. The van der Waals surface area contributed by atoms with Crippen molar-refractivity contribution < 1.29 is 19.4 Å². The van der Waals surface area contributed by atoms with Crippen molar-refractivity contribution in [2.24, 2.45) is 0 Å². The summed E-state index contributed by atoms with van der Waals surface area (Å²) >= 11 is 3.48. The van der Waals surface area contributed by atoms with Crippen molar-refractivity contribution in [3.63, 3.8) is 0 Å². The highest BCUT2D eigenvalue weighted by atomic mass is 79.9. The lowest BCUT2D eigenvalue weighted by Crippen LogP contribution is -2.25. The summed E-state index contributed by atoms with van der Waals surface area (Å²) in [5.74, 6) is 1.30. The van der Waals surface area contributed by atoms with E-state index in [1.165, 1.54) is 17.8 Å². The fourth-order valence-corrected chi connectivity index (χ4v) is 3.90. The fraction of sp³-hybridized carbons (Fsp3) is 0.167. The zero-order valence-electron chi connectivity index (χ0n) is 18.4. The SMILES string of the molecule is COc1cc2nccc(OCCn3nc(-c4cccc(N(C)C(=O)O)c4)ccc3=O)c2cc1Br. The Morgan fingerprint density at radius 2 is 1.97 bits per heavy atom. The van der Waals surface area contributed by atoms with Gasteiger partial charge >= 0.3 is 6.09 Å². The van der Waals surface area contributed by atoms with E-state index in [1.807, 2.05) is 18.2 Å². The molecule has 0 fully saturated rings. The Labute approximate surface area is 203 Å². The minimum Gasteiger partial charge on any atom is -0.495 e. The van der Waals surface area contributed by atoms with Crippen LogP contribution in [0, 0.1) is 0 Å². The number of nitrogens with zero attached hydrogens (tertiary/aromatic N) is 4. The lowest BCUT2D eigenvalue weighted by atomic mass is 10.1.